The van der Waals surface area contributed by atoms with Crippen molar-refractivity contribution in [3.05, 3.63) is 307 Å². The normalized spacial score (nSPS) is 12.4. The highest BCUT2D eigenvalue weighted by Gasteiger charge is 2.46. The summed E-state index contributed by atoms with van der Waals surface area (Å²) in [7, 11) is 0. The van der Waals surface area contributed by atoms with Gasteiger partial charge in [-0.05, 0) is 142 Å². The molecule has 0 amide bonds. The molecule has 0 saturated heterocycles. The first kappa shape index (κ1) is 41.2. The molecule has 13 rings (SSSR count). The summed E-state index contributed by atoms with van der Waals surface area (Å²) in [6.45, 7) is 0. The van der Waals surface area contributed by atoms with E-state index in [1.165, 1.54) is 93.9 Å². The summed E-state index contributed by atoms with van der Waals surface area (Å²) < 4.78 is 0. The van der Waals surface area contributed by atoms with E-state index >= 15 is 0 Å². The molecule has 0 radical (unpaired) electrons. The first-order valence-electron chi connectivity index (χ1n) is 24.2. The molecule has 12 aromatic carbocycles. The fraction of sp³-hybridized carbons (Fsp3) is 0.0145. The van der Waals surface area contributed by atoms with E-state index in [4.69, 9.17) is 0 Å². The third kappa shape index (κ3) is 6.94. The van der Waals surface area contributed by atoms with Gasteiger partial charge >= 0.3 is 0 Å². The van der Waals surface area contributed by atoms with Crippen molar-refractivity contribution in [1.29, 1.82) is 0 Å². The maximum absolute atomic E-state index is 2.39. The van der Waals surface area contributed by atoms with E-state index in [0.29, 0.717) is 0 Å². The summed E-state index contributed by atoms with van der Waals surface area (Å²) in [5.74, 6) is 0. The van der Waals surface area contributed by atoms with Crippen molar-refractivity contribution >= 4 is 38.6 Å². The average molecular weight is 890 g/mol. The lowest BCUT2D eigenvalue weighted by atomic mass is 9.67. The van der Waals surface area contributed by atoms with Gasteiger partial charge in [-0.15, -0.1) is 0 Å². The third-order valence-corrected chi connectivity index (χ3v) is 14.6. The van der Waals surface area contributed by atoms with Crippen LogP contribution in [0.3, 0.4) is 0 Å². The molecule has 0 saturated carbocycles. The smallest absolute Gasteiger partial charge is 0.0713 e. The Kier molecular flexibility index (Phi) is 10.1. The van der Waals surface area contributed by atoms with Crippen molar-refractivity contribution in [3.63, 3.8) is 0 Å². The van der Waals surface area contributed by atoms with Crippen LogP contribution in [0.4, 0.5) is 17.1 Å². The second kappa shape index (κ2) is 17.2. The van der Waals surface area contributed by atoms with E-state index in [1.54, 1.807) is 0 Å². The Morgan fingerprint density at radius 1 is 0.243 bits per heavy atom. The number of benzene rings is 12. The van der Waals surface area contributed by atoms with Crippen molar-refractivity contribution in [1.82, 2.24) is 0 Å². The molecule has 1 heteroatoms. The predicted molar refractivity (Wildman–Crippen MR) is 295 cm³/mol. The van der Waals surface area contributed by atoms with E-state index in [-0.39, 0.29) is 0 Å². The van der Waals surface area contributed by atoms with Crippen LogP contribution < -0.4 is 4.90 Å². The summed E-state index contributed by atoms with van der Waals surface area (Å²) in [6, 6.07) is 105. The van der Waals surface area contributed by atoms with Crippen LogP contribution in [0.5, 0.6) is 0 Å². The van der Waals surface area contributed by atoms with Gasteiger partial charge in [0.05, 0.1) is 5.41 Å². The zero-order valence-electron chi connectivity index (χ0n) is 38.6. The van der Waals surface area contributed by atoms with E-state index in [1.807, 2.05) is 0 Å². The van der Waals surface area contributed by atoms with Crippen LogP contribution in [-0.2, 0) is 5.41 Å². The summed E-state index contributed by atoms with van der Waals surface area (Å²) >= 11 is 0. The first-order valence-corrected chi connectivity index (χ1v) is 24.2. The molecule has 0 fully saturated rings. The van der Waals surface area contributed by atoms with E-state index in [9.17, 15) is 0 Å². The molecule has 0 heterocycles. The molecule has 70 heavy (non-hydrogen) atoms. The van der Waals surface area contributed by atoms with Gasteiger partial charge in [-0.25, -0.2) is 0 Å². The minimum atomic E-state index is -0.457. The van der Waals surface area contributed by atoms with Gasteiger partial charge in [0.15, 0.2) is 0 Å². The molecule has 0 atom stereocenters. The molecule has 1 aliphatic rings. The van der Waals surface area contributed by atoms with E-state index in [2.05, 4.69) is 290 Å². The van der Waals surface area contributed by atoms with Crippen molar-refractivity contribution in [3.8, 4) is 55.6 Å². The van der Waals surface area contributed by atoms with Gasteiger partial charge in [-0.1, -0.05) is 243 Å². The Balaban J connectivity index is 0.911. The zero-order chi connectivity index (χ0) is 46.4. The Bertz CT molecular complexity index is 3810. The van der Waals surface area contributed by atoms with E-state index < -0.39 is 5.41 Å². The van der Waals surface area contributed by atoms with Gasteiger partial charge in [0.1, 0.15) is 0 Å². The molecule has 12 aromatic rings. The van der Waals surface area contributed by atoms with Crippen LogP contribution in [0.1, 0.15) is 22.3 Å². The molecule has 0 bridgehead atoms. The highest BCUT2D eigenvalue weighted by Crippen LogP contribution is 2.58. The molecule has 0 N–H and O–H groups in total. The van der Waals surface area contributed by atoms with Gasteiger partial charge in [0.2, 0.25) is 0 Å². The zero-order valence-corrected chi connectivity index (χ0v) is 38.6. The molecule has 1 nitrogen and oxygen atoms in total. The number of nitrogens with zero attached hydrogens (tertiary/aromatic N) is 1. The first-order chi connectivity index (χ1) is 34.7. The molecular weight excluding hydrogens is 843 g/mol. The van der Waals surface area contributed by atoms with Gasteiger partial charge < -0.3 is 4.90 Å². The quantitative estimate of drug-likeness (QED) is 0.140. The maximum atomic E-state index is 2.39. The Morgan fingerprint density at radius 3 is 1.44 bits per heavy atom. The molecule has 328 valence electrons. The highest BCUT2D eigenvalue weighted by molar-refractivity contribution is 5.98. The monoisotopic (exact) mass is 889 g/mol. The minimum Gasteiger partial charge on any atom is -0.310 e. The minimum absolute atomic E-state index is 0.457. The third-order valence-electron chi connectivity index (χ3n) is 14.6. The lowest BCUT2D eigenvalue weighted by Crippen LogP contribution is -2.28. The largest absolute Gasteiger partial charge is 0.310 e. The Hall–Kier alpha value is -9.04. The summed E-state index contributed by atoms with van der Waals surface area (Å²) in [6.07, 6.45) is 0. The molecule has 0 aromatic heterocycles. The maximum Gasteiger partial charge on any atom is 0.0713 e. The van der Waals surface area contributed by atoms with Gasteiger partial charge in [-0.3, -0.25) is 0 Å². The highest BCUT2D eigenvalue weighted by atomic mass is 15.1. The van der Waals surface area contributed by atoms with Crippen molar-refractivity contribution in [2.75, 3.05) is 4.90 Å². The van der Waals surface area contributed by atoms with Crippen molar-refractivity contribution < 1.29 is 0 Å². The van der Waals surface area contributed by atoms with Gasteiger partial charge in [0.25, 0.3) is 0 Å². The number of hydrogen-bond acceptors (Lipinski definition) is 1. The SMILES string of the molecule is c1ccc(C2(c3ccccc3)c3ccccc3-c3c(-c4ccc(N(c5ccc(-c6ccc7ccccc7c6)cc5)c5cccc(-c6ccc(-c7cccc8ccccc78)cc6)c5)cc4)cccc32)cc1. The fourth-order valence-electron chi connectivity index (χ4n) is 11.3. The number of anilines is 3. The fourth-order valence-corrected chi connectivity index (χ4v) is 11.3. The van der Waals surface area contributed by atoms with Crippen LogP contribution in [0.15, 0.2) is 285 Å². The second-order valence-corrected chi connectivity index (χ2v) is 18.4. The second-order valence-electron chi connectivity index (χ2n) is 18.4. The van der Waals surface area contributed by atoms with Gasteiger partial charge in [0, 0.05) is 17.1 Å². The average Bonchev–Trinajstić information content (AvgIpc) is 3.75. The number of hydrogen-bond donors (Lipinski definition) is 0. The van der Waals surface area contributed by atoms with E-state index in [0.717, 1.165) is 22.6 Å². The van der Waals surface area contributed by atoms with Crippen LogP contribution in [0.25, 0.3) is 77.2 Å². The van der Waals surface area contributed by atoms with Crippen LogP contribution in [0.2, 0.25) is 0 Å². The standard InChI is InChI=1S/C69H47N/c1-3-21-57(22-4-1)69(58-23-5-2-6-24-58)66-30-12-11-27-65(66)68-64(29-15-31-67(68)69)53-40-44-60(45-41-53)70(59-42-38-50(39-43-59)56-37-34-48-16-7-8-18-54(48)46-56)61-25-13-20-55(47-61)49-32-35-52(36-33-49)63-28-14-19-51-17-9-10-26-62(51)63/h1-47H. The predicted octanol–water partition coefficient (Wildman–Crippen LogP) is 18.5. The van der Waals surface area contributed by atoms with Crippen LogP contribution >= 0.6 is 0 Å². The summed E-state index contributed by atoms with van der Waals surface area (Å²) in [4.78, 5) is 2.39. The van der Waals surface area contributed by atoms with Crippen molar-refractivity contribution in [2.45, 2.75) is 5.41 Å². The van der Waals surface area contributed by atoms with Gasteiger partial charge in [-0.2, -0.15) is 0 Å². The number of rotatable bonds is 9. The molecular formula is C69H47N. The molecule has 0 aliphatic heterocycles. The lowest BCUT2D eigenvalue weighted by molar-refractivity contribution is 0.768. The Labute approximate surface area is 409 Å². The lowest BCUT2D eigenvalue weighted by Gasteiger charge is -2.34. The topological polar surface area (TPSA) is 3.24 Å². The Morgan fingerprint density at radius 2 is 0.714 bits per heavy atom. The van der Waals surface area contributed by atoms with Crippen molar-refractivity contribution in [2.24, 2.45) is 0 Å². The molecule has 0 unspecified atom stereocenters. The molecule has 0 spiro atoms. The molecule has 1 aliphatic carbocycles. The summed E-state index contributed by atoms with van der Waals surface area (Å²) in [5, 5.41) is 5.01. The number of fused-ring (bicyclic) bond motifs is 5. The van der Waals surface area contributed by atoms with Crippen LogP contribution in [-0.4, -0.2) is 0 Å². The summed E-state index contributed by atoms with van der Waals surface area (Å²) in [5.41, 5.74) is 20.1. The van der Waals surface area contributed by atoms with Crippen LogP contribution in [0, 0.1) is 0 Å².